The molecule has 1 unspecified atom stereocenters. The molecule has 0 radical (unpaired) electrons. The van der Waals surface area contributed by atoms with Crippen molar-refractivity contribution in [3.63, 3.8) is 0 Å². The molecule has 1 aliphatic rings. The van der Waals surface area contributed by atoms with E-state index >= 15 is 0 Å². The minimum atomic E-state index is -1.72. The van der Waals surface area contributed by atoms with Crippen LogP contribution in [0.5, 0.6) is 0 Å². The summed E-state index contributed by atoms with van der Waals surface area (Å²) in [7, 11) is 1.73. The van der Waals surface area contributed by atoms with E-state index in [0.29, 0.717) is 17.9 Å². The van der Waals surface area contributed by atoms with E-state index in [2.05, 4.69) is 22.8 Å². The van der Waals surface area contributed by atoms with Gasteiger partial charge in [-0.2, -0.15) is 14.6 Å². The molecule has 6 nitrogen and oxygen atoms in total. The Bertz CT molecular complexity index is 456. The van der Waals surface area contributed by atoms with Gasteiger partial charge >= 0.3 is 0 Å². The van der Waals surface area contributed by atoms with E-state index in [0.717, 1.165) is 0 Å². The summed E-state index contributed by atoms with van der Waals surface area (Å²) in [4.78, 5) is 2.98. The fraction of sp³-hybridized carbons (Fsp3) is 0.333. The van der Waals surface area contributed by atoms with Crippen molar-refractivity contribution < 1.29 is 9.13 Å². The van der Waals surface area contributed by atoms with Crippen LogP contribution in [0.4, 0.5) is 4.39 Å². The molecule has 92 valence electrons. The van der Waals surface area contributed by atoms with Gasteiger partial charge in [0.15, 0.2) is 0 Å². The number of hydrogen-bond acceptors (Lipinski definition) is 6. The second kappa shape index (κ2) is 4.66. The van der Waals surface area contributed by atoms with Crippen LogP contribution >= 0.6 is 12.6 Å². The maximum absolute atomic E-state index is 12.9. The molecule has 0 aliphatic carbocycles. The van der Waals surface area contributed by atoms with E-state index in [-0.39, 0.29) is 5.88 Å². The fourth-order valence-corrected chi connectivity index (χ4v) is 1.65. The van der Waals surface area contributed by atoms with Crippen LogP contribution in [0.15, 0.2) is 30.0 Å². The van der Waals surface area contributed by atoms with Gasteiger partial charge in [0.1, 0.15) is 5.70 Å². The van der Waals surface area contributed by atoms with Gasteiger partial charge in [-0.1, -0.05) is 0 Å². The van der Waals surface area contributed by atoms with E-state index < -0.39 is 5.69 Å². The standard InChI is InChI=1S/C9H12FN5OS/c1-14-5-6(11)4-7(8(14)16-9(10)17)15-12-2-3-13-15/h2-4,9,17H,5,11H2,1H3. The number of aromatic nitrogens is 3. The highest BCUT2D eigenvalue weighted by Crippen LogP contribution is 2.23. The smallest absolute Gasteiger partial charge is 0.285 e. The Labute approximate surface area is 103 Å². The fourth-order valence-electron chi connectivity index (χ4n) is 1.55. The third-order valence-corrected chi connectivity index (χ3v) is 2.26. The number of allylic oxidation sites excluding steroid dienone is 2. The Morgan fingerprint density at radius 3 is 2.76 bits per heavy atom. The van der Waals surface area contributed by atoms with Crippen molar-refractivity contribution >= 4 is 18.3 Å². The van der Waals surface area contributed by atoms with Gasteiger partial charge in [0.2, 0.25) is 5.88 Å². The van der Waals surface area contributed by atoms with Gasteiger partial charge in [-0.3, -0.25) is 0 Å². The molecule has 0 aromatic carbocycles. The summed E-state index contributed by atoms with van der Waals surface area (Å²) in [6, 6.07) is 0. The number of likely N-dealkylation sites (N-methyl/N-ethyl adjacent to an activating group) is 1. The number of thiol groups is 1. The highest BCUT2D eigenvalue weighted by molar-refractivity contribution is 7.80. The maximum Gasteiger partial charge on any atom is 0.285 e. The molecule has 1 aromatic rings. The zero-order valence-corrected chi connectivity index (χ0v) is 10.0. The molecule has 0 saturated carbocycles. The molecule has 2 rings (SSSR count). The number of hydrogen-bond donors (Lipinski definition) is 2. The van der Waals surface area contributed by atoms with E-state index in [1.54, 1.807) is 18.0 Å². The average Bonchev–Trinajstić information content (AvgIpc) is 2.74. The van der Waals surface area contributed by atoms with Crippen LogP contribution in [0.3, 0.4) is 0 Å². The molecule has 0 fully saturated rings. The summed E-state index contributed by atoms with van der Waals surface area (Å²) >= 11 is 3.56. The third kappa shape index (κ3) is 2.52. The highest BCUT2D eigenvalue weighted by atomic mass is 32.1. The topological polar surface area (TPSA) is 69.2 Å². The lowest BCUT2D eigenvalue weighted by Gasteiger charge is -2.28. The predicted octanol–water partition coefficient (Wildman–Crippen LogP) is 0.392. The van der Waals surface area contributed by atoms with E-state index in [1.807, 2.05) is 0 Å². The molecule has 1 atom stereocenters. The molecule has 8 heteroatoms. The SMILES string of the molecule is CN1CC(N)=CC(n2nccn2)=C1OC(F)S. The first-order valence-electron chi connectivity index (χ1n) is 4.85. The minimum absolute atomic E-state index is 0.290. The Hall–Kier alpha value is -1.70. The summed E-state index contributed by atoms with van der Waals surface area (Å²) in [6.07, 6.45) is 4.67. The van der Waals surface area contributed by atoms with Crippen molar-refractivity contribution in [2.24, 2.45) is 5.73 Å². The molecular formula is C9H12FN5OS. The van der Waals surface area contributed by atoms with Gasteiger partial charge in [0.25, 0.3) is 5.69 Å². The van der Waals surface area contributed by atoms with Gasteiger partial charge in [0, 0.05) is 12.7 Å². The van der Waals surface area contributed by atoms with E-state index in [9.17, 15) is 4.39 Å². The predicted molar refractivity (Wildman–Crippen MR) is 63.1 cm³/mol. The van der Waals surface area contributed by atoms with Crippen molar-refractivity contribution in [2.45, 2.75) is 5.69 Å². The third-order valence-electron chi connectivity index (χ3n) is 2.15. The van der Waals surface area contributed by atoms with Crippen LogP contribution in [-0.2, 0) is 4.74 Å². The van der Waals surface area contributed by atoms with Crippen LogP contribution < -0.4 is 5.73 Å². The van der Waals surface area contributed by atoms with Crippen LogP contribution in [0.25, 0.3) is 5.70 Å². The largest absolute Gasteiger partial charge is 0.434 e. The molecule has 1 aromatic heterocycles. The van der Waals surface area contributed by atoms with E-state index in [4.69, 9.17) is 10.5 Å². The summed E-state index contributed by atoms with van der Waals surface area (Å²) in [5, 5.41) is 7.92. The summed E-state index contributed by atoms with van der Waals surface area (Å²) in [5.74, 6) is 0.290. The summed E-state index contributed by atoms with van der Waals surface area (Å²) < 4.78 is 17.8. The number of nitrogens with two attached hydrogens (primary N) is 1. The van der Waals surface area contributed by atoms with Crippen LogP contribution in [-0.4, -0.2) is 39.2 Å². The van der Waals surface area contributed by atoms with Gasteiger partial charge in [-0.05, 0) is 6.08 Å². The number of ether oxygens (including phenoxy) is 1. The number of halogens is 1. The summed E-state index contributed by atoms with van der Waals surface area (Å²) in [5.41, 5.74) is 5.13. The number of alkyl halides is 1. The lowest BCUT2D eigenvalue weighted by atomic mass is 10.2. The zero-order chi connectivity index (χ0) is 12.4. The second-order valence-corrected chi connectivity index (χ2v) is 3.90. The molecule has 0 spiro atoms. The molecule has 2 N–H and O–H groups in total. The van der Waals surface area contributed by atoms with Crippen LogP contribution in [0.1, 0.15) is 0 Å². The Kier molecular flexibility index (Phi) is 3.23. The molecule has 0 saturated heterocycles. The lowest BCUT2D eigenvalue weighted by molar-refractivity contribution is 0.0395. The van der Waals surface area contributed by atoms with Gasteiger partial charge in [0.05, 0.1) is 18.9 Å². The van der Waals surface area contributed by atoms with Crippen molar-refractivity contribution in [3.8, 4) is 0 Å². The van der Waals surface area contributed by atoms with Crippen molar-refractivity contribution in [1.29, 1.82) is 0 Å². The first-order chi connectivity index (χ1) is 8.08. The first kappa shape index (κ1) is 11.8. The first-order valence-corrected chi connectivity index (χ1v) is 5.36. The van der Waals surface area contributed by atoms with E-state index in [1.165, 1.54) is 17.2 Å². The van der Waals surface area contributed by atoms with Crippen molar-refractivity contribution in [2.75, 3.05) is 13.6 Å². The Morgan fingerprint density at radius 1 is 1.53 bits per heavy atom. The molecule has 0 bridgehead atoms. The highest BCUT2D eigenvalue weighted by Gasteiger charge is 2.22. The minimum Gasteiger partial charge on any atom is -0.434 e. The van der Waals surface area contributed by atoms with Gasteiger partial charge in [-0.25, -0.2) is 0 Å². The second-order valence-electron chi connectivity index (χ2n) is 3.49. The van der Waals surface area contributed by atoms with Gasteiger partial charge < -0.3 is 15.4 Å². The quantitative estimate of drug-likeness (QED) is 0.605. The lowest BCUT2D eigenvalue weighted by Crippen LogP contribution is -2.31. The van der Waals surface area contributed by atoms with Crippen molar-refractivity contribution in [3.05, 3.63) is 30.0 Å². The van der Waals surface area contributed by atoms with Crippen LogP contribution in [0, 0.1) is 0 Å². The average molecular weight is 257 g/mol. The van der Waals surface area contributed by atoms with Gasteiger partial charge in [-0.15, -0.1) is 17.4 Å². The summed E-state index contributed by atoms with van der Waals surface area (Å²) in [6.45, 7) is 0.445. The molecule has 1 aliphatic heterocycles. The number of rotatable bonds is 3. The molecule has 2 heterocycles. The molecular weight excluding hydrogens is 245 g/mol. The molecule has 0 amide bonds. The Balaban J connectivity index is 2.44. The molecule has 17 heavy (non-hydrogen) atoms. The monoisotopic (exact) mass is 257 g/mol. The number of nitrogens with zero attached hydrogens (tertiary/aromatic N) is 4. The van der Waals surface area contributed by atoms with Crippen molar-refractivity contribution in [1.82, 2.24) is 19.9 Å². The zero-order valence-electron chi connectivity index (χ0n) is 9.12. The maximum atomic E-state index is 12.9. The normalized spacial score (nSPS) is 18.1. The van der Waals surface area contributed by atoms with Crippen LogP contribution in [0.2, 0.25) is 0 Å². The Morgan fingerprint density at radius 2 is 2.18 bits per heavy atom.